The van der Waals surface area contributed by atoms with Gasteiger partial charge in [-0.25, -0.2) is 9.59 Å². The first kappa shape index (κ1) is 30.5. The van der Waals surface area contributed by atoms with Crippen LogP contribution in [0.25, 0.3) is 11.1 Å². The van der Waals surface area contributed by atoms with Gasteiger partial charge >= 0.3 is 12.1 Å². The highest BCUT2D eigenvalue weighted by Crippen LogP contribution is 2.41. The van der Waals surface area contributed by atoms with Crippen LogP contribution in [0.4, 0.5) is 9.59 Å². The predicted molar refractivity (Wildman–Crippen MR) is 167 cm³/mol. The molecule has 4 heterocycles. The third-order valence-electron chi connectivity index (χ3n) is 8.49. The summed E-state index contributed by atoms with van der Waals surface area (Å²) in [5.74, 6) is 1.51. The summed E-state index contributed by atoms with van der Waals surface area (Å²) >= 11 is 0. The summed E-state index contributed by atoms with van der Waals surface area (Å²) in [5.41, 5.74) is 2.08. The van der Waals surface area contributed by atoms with Crippen LogP contribution in [-0.2, 0) is 0 Å². The zero-order valence-corrected chi connectivity index (χ0v) is 25.3. The van der Waals surface area contributed by atoms with E-state index in [0.717, 1.165) is 22.6 Å². The number of rotatable bonds is 2. The van der Waals surface area contributed by atoms with E-state index in [-0.39, 0.29) is 12.1 Å². The summed E-state index contributed by atoms with van der Waals surface area (Å²) < 4.78 is 12.4. The minimum atomic E-state index is -0.470. The Morgan fingerprint density at radius 2 is 1.07 bits per heavy atom. The number of benzene rings is 2. The first-order chi connectivity index (χ1) is 21.3. The van der Waals surface area contributed by atoms with Gasteiger partial charge in [-0.15, -0.1) is 0 Å². The van der Waals surface area contributed by atoms with E-state index in [2.05, 4.69) is 22.8 Å². The molecule has 2 aromatic rings. The summed E-state index contributed by atoms with van der Waals surface area (Å²) in [6, 6.07) is 19.7. The minimum Gasteiger partial charge on any atom is -0.482 e. The highest BCUT2D eigenvalue weighted by Gasteiger charge is 2.41. The predicted octanol–water partition coefficient (Wildman–Crippen LogP) is 5.10. The normalized spacial score (nSPS) is 18.7. The van der Waals surface area contributed by atoms with Gasteiger partial charge in [0.1, 0.15) is 22.7 Å². The number of fused-ring (bicyclic) bond motifs is 2. The maximum Gasteiger partial charge on any atom is 0.317 e. The van der Waals surface area contributed by atoms with Crippen molar-refractivity contribution < 1.29 is 19.1 Å². The SMILES string of the molecule is CCNC(=O)N1CCC2(C=C(C#N)c3ccccc3O2)CC1.CCNC(=O)N1CCC2(C=C(C#N)c3ccccc3O2)CC1. The Bertz CT molecular complexity index is 1420. The Morgan fingerprint density at radius 1 is 0.705 bits per heavy atom. The van der Waals surface area contributed by atoms with Crippen molar-refractivity contribution in [3.63, 3.8) is 0 Å². The van der Waals surface area contributed by atoms with E-state index in [0.29, 0.717) is 76.1 Å². The Hall–Kier alpha value is -4.96. The molecule has 4 amide bonds. The first-order valence-corrected chi connectivity index (χ1v) is 15.2. The molecule has 0 aromatic heterocycles. The highest BCUT2D eigenvalue weighted by molar-refractivity contribution is 5.83. The minimum absolute atomic E-state index is 0.0296. The van der Waals surface area contributed by atoms with Crippen LogP contribution in [0.3, 0.4) is 0 Å². The summed E-state index contributed by atoms with van der Waals surface area (Å²) in [7, 11) is 0. The molecule has 0 bridgehead atoms. The number of nitrogens with zero attached hydrogens (tertiary/aromatic N) is 4. The Morgan fingerprint density at radius 3 is 1.41 bits per heavy atom. The zero-order chi connectivity index (χ0) is 31.2. The Labute approximate surface area is 258 Å². The molecule has 0 aliphatic carbocycles. The van der Waals surface area contributed by atoms with Crippen LogP contribution in [-0.4, -0.2) is 72.3 Å². The molecule has 44 heavy (non-hydrogen) atoms. The van der Waals surface area contributed by atoms with Crippen LogP contribution in [0.1, 0.15) is 50.7 Å². The molecule has 4 aliphatic rings. The monoisotopic (exact) mass is 594 g/mol. The molecule has 10 heteroatoms. The van der Waals surface area contributed by atoms with Crippen molar-refractivity contribution in [2.45, 2.75) is 50.7 Å². The molecule has 0 saturated carbocycles. The quantitative estimate of drug-likeness (QED) is 0.498. The van der Waals surface area contributed by atoms with Gasteiger partial charge in [0.2, 0.25) is 0 Å². The number of nitriles is 2. The van der Waals surface area contributed by atoms with Crippen LogP contribution in [0.2, 0.25) is 0 Å². The largest absolute Gasteiger partial charge is 0.482 e. The second kappa shape index (κ2) is 13.1. The molecule has 2 saturated heterocycles. The van der Waals surface area contributed by atoms with Crippen molar-refractivity contribution >= 4 is 23.2 Å². The molecule has 0 atom stereocenters. The van der Waals surface area contributed by atoms with Gasteiger partial charge in [-0.3, -0.25) is 0 Å². The maximum atomic E-state index is 11.9. The molecule has 2 spiro atoms. The number of nitrogens with one attached hydrogen (secondary N) is 2. The molecule has 2 aromatic carbocycles. The first-order valence-electron chi connectivity index (χ1n) is 15.2. The third-order valence-corrected chi connectivity index (χ3v) is 8.49. The number of hydrogen-bond donors (Lipinski definition) is 2. The molecule has 228 valence electrons. The van der Waals surface area contributed by atoms with Crippen LogP contribution >= 0.6 is 0 Å². The van der Waals surface area contributed by atoms with Crippen molar-refractivity contribution in [3.05, 3.63) is 71.8 Å². The van der Waals surface area contributed by atoms with E-state index >= 15 is 0 Å². The standard InChI is InChI=1S/2C17H19N3O2/c2*1-2-19-16(21)20-9-7-17(8-10-20)11-13(12-18)14-5-3-4-6-15(14)22-17/h2*3-6,11H,2,7-10H2,1H3,(H,19,21). The van der Waals surface area contributed by atoms with Crippen molar-refractivity contribution in [2.75, 3.05) is 39.3 Å². The number of carbonyl (C=O) groups excluding carboxylic acids is 2. The Kier molecular flexibility index (Phi) is 9.10. The highest BCUT2D eigenvalue weighted by atomic mass is 16.5. The average molecular weight is 595 g/mol. The summed E-state index contributed by atoms with van der Waals surface area (Å²) in [4.78, 5) is 27.4. The molecule has 0 radical (unpaired) electrons. The van der Waals surface area contributed by atoms with E-state index in [1.54, 1.807) is 9.80 Å². The lowest BCUT2D eigenvalue weighted by molar-refractivity contribution is 0.0490. The average Bonchev–Trinajstić information content (AvgIpc) is 3.05. The van der Waals surface area contributed by atoms with Crippen LogP contribution in [0, 0.1) is 22.7 Å². The molecular weight excluding hydrogens is 556 g/mol. The number of ether oxygens (including phenoxy) is 2. The smallest absolute Gasteiger partial charge is 0.317 e. The molecule has 0 unspecified atom stereocenters. The third kappa shape index (κ3) is 6.35. The fourth-order valence-electron chi connectivity index (χ4n) is 6.12. The summed E-state index contributed by atoms with van der Waals surface area (Å²) in [6.07, 6.45) is 6.66. The van der Waals surface area contributed by atoms with E-state index in [1.807, 2.05) is 74.5 Å². The topological polar surface area (TPSA) is 131 Å². The molecular formula is C34H38N6O4. The molecule has 4 aliphatic heterocycles. The fraction of sp³-hybridized carbons (Fsp3) is 0.412. The van der Waals surface area contributed by atoms with Crippen molar-refractivity contribution in [1.29, 1.82) is 10.5 Å². The van der Waals surface area contributed by atoms with E-state index in [4.69, 9.17) is 9.47 Å². The van der Waals surface area contributed by atoms with Crippen LogP contribution in [0.5, 0.6) is 11.5 Å². The number of piperidine rings is 2. The van der Waals surface area contributed by atoms with Gasteiger partial charge in [0.25, 0.3) is 0 Å². The van der Waals surface area contributed by atoms with E-state index in [9.17, 15) is 20.1 Å². The Balaban J connectivity index is 0.000000175. The fourth-order valence-corrected chi connectivity index (χ4v) is 6.12. The zero-order valence-electron chi connectivity index (χ0n) is 25.3. The van der Waals surface area contributed by atoms with Gasteiger partial charge in [-0.1, -0.05) is 24.3 Å². The van der Waals surface area contributed by atoms with Gasteiger partial charge in [0.05, 0.1) is 23.3 Å². The molecule has 6 rings (SSSR count). The summed E-state index contributed by atoms with van der Waals surface area (Å²) in [6.45, 7) is 7.59. The van der Waals surface area contributed by atoms with Gasteiger partial charge in [-0.05, 0) is 50.3 Å². The number of hydrogen-bond acceptors (Lipinski definition) is 6. The summed E-state index contributed by atoms with van der Waals surface area (Å²) in [5, 5.41) is 24.5. The van der Waals surface area contributed by atoms with Crippen LogP contribution in [0.15, 0.2) is 60.7 Å². The van der Waals surface area contributed by atoms with Crippen LogP contribution < -0.4 is 20.1 Å². The van der Waals surface area contributed by atoms with Gasteiger partial charge in [0, 0.05) is 76.1 Å². The molecule has 10 nitrogen and oxygen atoms in total. The molecule has 2 fully saturated rings. The number of likely N-dealkylation sites (tertiary alicyclic amines) is 2. The van der Waals surface area contributed by atoms with Gasteiger partial charge in [-0.2, -0.15) is 10.5 Å². The lowest BCUT2D eigenvalue weighted by Crippen LogP contribution is -2.52. The lowest BCUT2D eigenvalue weighted by atomic mass is 9.85. The lowest BCUT2D eigenvalue weighted by Gasteiger charge is -2.42. The van der Waals surface area contributed by atoms with Crippen molar-refractivity contribution in [3.8, 4) is 23.6 Å². The maximum absolute atomic E-state index is 11.9. The van der Waals surface area contributed by atoms with Crippen molar-refractivity contribution in [2.24, 2.45) is 0 Å². The number of amides is 4. The van der Waals surface area contributed by atoms with E-state index < -0.39 is 11.2 Å². The number of para-hydroxylation sites is 2. The number of urea groups is 2. The van der Waals surface area contributed by atoms with Gasteiger partial charge in [0.15, 0.2) is 0 Å². The number of allylic oxidation sites excluding steroid dienone is 2. The van der Waals surface area contributed by atoms with E-state index in [1.165, 1.54) is 0 Å². The second-order valence-electron chi connectivity index (χ2n) is 11.3. The van der Waals surface area contributed by atoms with Crippen molar-refractivity contribution in [1.82, 2.24) is 20.4 Å². The molecule has 2 N–H and O–H groups in total. The second-order valence-corrected chi connectivity index (χ2v) is 11.3. The number of carbonyl (C=O) groups is 2. The van der Waals surface area contributed by atoms with Gasteiger partial charge < -0.3 is 29.9 Å².